The number of amides is 1. The number of ether oxygens (including phenoxy) is 1. The van der Waals surface area contributed by atoms with Crippen molar-refractivity contribution in [3.8, 4) is 11.8 Å². The van der Waals surface area contributed by atoms with Gasteiger partial charge in [-0.1, -0.05) is 53.2 Å². The van der Waals surface area contributed by atoms with Crippen LogP contribution >= 0.6 is 31.9 Å². The van der Waals surface area contributed by atoms with Crippen LogP contribution in [0.15, 0.2) is 57.0 Å². The van der Waals surface area contributed by atoms with Crippen LogP contribution in [0.25, 0.3) is 6.08 Å². The van der Waals surface area contributed by atoms with E-state index in [2.05, 4.69) is 37.2 Å². The molecule has 1 N–H and O–H groups in total. The second kappa shape index (κ2) is 10.3. The number of rotatable bonds is 7. The average Bonchev–Trinajstić information content (AvgIpc) is 2.65. The smallest absolute Gasteiger partial charge is 0.262 e. The summed E-state index contributed by atoms with van der Waals surface area (Å²) in [5.41, 5.74) is 1.70. The van der Waals surface area contributed by atoms with Crippen molar-refractivity contribution in [3.05, 3.63) is 68.1 Å². The molecule has 0 saturated heterocycles. The number of carbonyl (C=O) groups is 1. The molecule has 0 heterocycles. The Morgan fingerprint density at radius 1 is 1.30 bits per heavy atom. The summed E-state index contributed by atoms with van der Waals surface area (Å²) in [5, 5.41) is 12.3. The number of benzene rings is 2. The van der Waals surface area contributed by atoms with Crippen LogP contribution in [0.4, 0.5) is 0 Å². The molecule has 0 aliphatic heterocycles. The Morgan fingerprint density at radius 2 is 2.00 bits per heavy atom. The Bertz CT molecular complexity index is 874. The van der Waals surface area contributed by atoms with Gasteiger partial charge in [-0.2, -0.15) is 5.26 Å². The highest BCUT2D eigenvalue weighted by molar-refractivity contribution is 9.11. The first-order valence-electron chi connectivity index (χ1n) is 8.53. The molecule has 0 fully saturated rings. The normalized spacial score (nSPS) is 12.2. The van der Waals surface area contributed by atoms with Crippen molar-refractivity contribution >= 4 is 43.8 Å². The van der Waals surface area contributed by atoms with Crippen molar-refractivity contribution in [2.75, 3.05) is 0 Å². The number of nitrogens with one attached hydrogen (secondary N) is 1. The zero-order chi connectivity index (χ0) is 19.8. The van der Waals surface area contributed by atoms with E-state index in [9.17, 15) is 10.1 Å². The highest BCUT2D eigenvalue weighted by Crippen LogP contribution is 2.35. The van der Waals surface area contributed by atoms with Gasteiger partial charge in [0.2, 0.25) is 0 Å². The molecule has 2 aromatic carbocycles. The molecule has 0 aromatic heterocycles. The number of nitrogens with zero attached hydrogens (tertiary/aromatic N) is 1. The van der Waals surface area contributed by atoms with Gasteiger partial charge in [-0.05, 0) is 53.0 Å². The molecule has 2 rings (SSSR count). The van der Waals surface area contributed by atoms with E-state index in [0.29, 0.717) is 17.9 Å². The van der Waals surface area contributed by atoms with Crippen LogP contribution in [0, 0.1) is 11.3 Å². The Hall–Kier alpha value is -2.10. The molecular formula is C21H20Br2N2O2. The molecule has 4 nitrogen and oxygen atoms in total. The fourth-order valence-electron chi connectivity index (χ4n) is 2.28. The molecule has 0 unspecified atom stereocenters. The van der Waals surface area contributed by atoms with Crippen LogP contribution < -0.4 is 10.1 Å². The second-order valence-corrected chi connectivity index (χ2v) is 7.80. The summed E-state index contributed by atoms with van der Waals surface area (Å²) in [6.07, 6.45) is 2.34. The molecule has 140 valence electrons. The quantitative estimate of drug-likeness (QED) is 0.404. The summed E-state index contributed by atoms with van der Waals surface area (Å²) >= 11 is 6.95. The zero-order valence-electron chi connectivity index (χ0n) is 15.1. The van der Waals surface area contributed by atoms with Crippen molar-refractivity contribution in [2.45, 2.75) is 32.9 Å². The predicted molar refractivity (Wildman–Crippen MR) is 114 cm³/mol. The van der Waals surface area contributed by atoms with E-state index in [1.165, 1.54) is 0 Å². The van der Waals surface area contributed by atoms with Gasteiger partial charge in [-0.25, -0.2) is 0 Å². The van der Waals surface area contributed by atoms with E-state index in [1.807, 2.05) is 62.4 Å². The van der Waals surface area contributed by atoms with E-state index in [4.69, 9.17) is 4.74 Å². The minimum atomic E-state index is -0.392. The second-order valence-electron chi connectivity index (χ2n) is 6.03. The van der Waals surface area contributed by atoms with Gasteiger partial charge in [0.05, 0.1) is 4.47 Å². The first-order valence-corrected chi connectivity index (χ1v) is 10.1. The summed E-state index contributed by atoms with van der Waals surface area (Å²) in [6, 6.07) is 15.5. The Kier molecular flexibility index (Phi) is 8.08. The van der Waals surface area contributed by atoms with Gasteiger partial charge in [-0.15, -0.1) is 0 Å². The minimum absolute atomic E-state index is 0.00250. The topological polar surface area (TPSA) is 62.1 Å². The fourth-order valence-corrected chi connectivity index (χ4v) is 3.65. The van der Waals surface area contributed by atoms with E-state index in [0.717, 1.165) is 20.9 Å². The molecule has 0 radical (unpaired) electrons. The molecule has 0 saturated carbocycles. The van der Waals surface area contributed by atoms with Crippen LogP contribution in [0.5, 0.6) is 5.75 Å². The lowest BCUT2D eigenvalue weighted by atomic mass is 10.1. The van der Waals surface area contributed by atoms with E-state index in [1.54, 1.807) is 6.08 Å². The van der Waals surface area contributed by atoms with Gasteiger partial charge in [0.25, 0.3) is 5.91 Å². The first kappa shape index (κ1) is 21.2. The van der Waals surface area contributed by atoms with Crippen LogP contribution in [0.1, 0.15) is 31.4 Å². The zero-order valence-corrected chi connectivity index (χ0v) is 18.3. The Labute approximate surface area is 176 Å². The lowest BCUT2D eigenvalue weighted by Crippen LogP contribution is -2.32. The van der Waals surface area contributed by atoms with Crippen LogP contribution in [-0.4, -0.2) is 11.9 Å². The van der Waals surface area contributed by atoms with Crippen molar-refractivity contribution in [2.24, 2.45) is 0 Å². The molecular weight excluding hydrogens is 472 g/mol. The lowest BCUT2D eigenvalue weighted by molar-refractivity contribution is -0.117. The van der Waals surface area contributed by atoms with E-state index >= 15 is 0 Å². The average molecular weight is 492 g/mol. The molecule has 0 aliphatic carbocycles. The van der Waals surface area contributed by atoms with Crippen molar-refractivity contribution < 1.29 is 9.53 Å². The largest absolute Gasteiger partial charge is 0.487 e. The van der Waals surface area contributed by atoms with Crippen LogP contribution in [0.2, 0.25) is 0 Å². The SMILES string of the molecule is CC[C@H](C)NC(=O)/C(C#N)=C/c1cc(Br)cc(Br)c1OCc1ccccc1. The van der Waals surface area contributed by atoms with Gasteiger partial charge in [0.15, 0.2) is 0 Å². The maximum atomic E-state index is 12.3. The number of nitriles is 1. The molecule has 27 heavy (non-hydrogen) atoms. The number of hydrogen-bond donors (Lipinski definition) is 1. The minimum Gasteiger partial charge on any atom is -0.487 e. The van der Waals surface area contributed by atoms with Gasteiger partial charge in [0.1, 0.15) is 24.0 Å². The summed E-state index contributed by atoms with van der Waals surface area (Å²) in [5.74, 6) is 0.183. The summed E-state index contributed by atoms with van der Waals surface area (Å²) in [4.78, 5) is 12.3. The molecule has 0 spiro atoms. The lowest BCUT2D eigenvalue weighted by Gasteiger charge is -2.14. The number of halogens is 2. The maximum absolute atomic E-state index is 12.3. The molecule has 0 bridgehead atoms. The van der Waals surface area contributed by atoms with Crippen molar-refractivity contribution in [1.82, 2.24) is 5.32 Å². The number of hydrogen-bond acceptors (Lipinski definition) is 3. The molecule has 1 atom stereocenters. The highest BCUT2D eigenvalue weighted by atomic mass is 79.9. The molecule has 2 aromatic rings. The van der Waals surface area contributed by atoms with Crippen molar-refractivity contribution in [1.29, 1.82) is 5.26 Å². The molecule has 0 aliphatic rings. The highest BCUT2D eigenvalue weighted by Gasteiger charge is 2.15. The summed E-state index contributed by atoms with van der Waals surface area (Å²) in [7, 11) is 0. The summed E-state index contributed by atoms with van der Waals surface area (Å²) in [6.45, 7) is 4.25. The van der Waals surface area contributed by atoms with Gasteiger partial charge >= 0.3 is 0 Å². The Morgan fingerprint density at radius 3 is 2.63 bits per heavy atom. The van der Waals surface area contributed by atoms with Gasteiger partial charge < -0.3 is 10.1 Å². The van der Waals surface area contributed by atoms with Crippen LogP contribution in [-0.2, 0) is 11.4 Å². The third kappa shape index (κ3) is 6.23. The van der Waals surface area contributed by atoms with Gasteiger partial charge in [-0.3, -0.25) is 4.79 Å². The van der Waals surface area contributed by atoms with Gasteiger partial charge in [0, 0.05) is 16.1 Å². The fraction of sp³-hybridized carbons (Fsp3) is 0.238. The standard InChI is InChI=1S/C21H20Br2N2O2/c1-3-14(2)25-21(26)17(12-24)9-16-10-18(22)11-19(23)20(16)27-13-15-7-5-4-6-8-15/h4-11,14H,3,13H2,1-2H3,(H,25,26)/b17-9+/t14-/m0/s1. The third-order valence-corrected chi connectivity index (χ3v) is 4.96. The summed E-state index contributed by atoms with van der Waals surface area (Å²) < 4.78 is 7.53. The van der Waals surface area contributed by atoms with Crippen molar-refractivity contribution in [3.63, 3.8) is 0 Å². The molecule has 1 amide bonds. The van der Waals surface area contributed by atoms with E-state index < -0.39 is 5.91 Å². The third-order valence-electron chi connectivity index (χ3n) is 3.92. The first-order chi connectivity index (χ1) is 12.9. The molecule has 6 heteroatoms. The Balaban J connectivity index is 2.34. The maximum Gasteiger partial charge on any atom is 0.262 e. The monoisotopic (exact) mass is 490 g/mol. The predicted octanol–water partition coefficient (Wildman–Crippen LogP) is 5.61. The van der Waals surface area contributed by atoms with E-state index in [-0.39, 0.29) is 11.6 Å². The van der Waals surface area contributed by atoms with Crippen LogP contribution in [0.3, 0.4) is 0 Å². The number of carbonyl (C=O) groups excluding carboxylic acids is 1.